The van der Waals surface area contributed by atoms with Crippen LogP contribution in [-0.4, -0.2) is 77.2 Å². The van der Waals surface area contributed by atoms with E-state index in [1.807, 2.05) is 31.8 Å². The highest BCUT2D eigenvalue weighted by Gasteiger charge is 2.27. The minimum Gasteiger partial charge on any atom is -0.354 e. The molecule has 2 fully saturated rings. The number of hydrogen-bond donors (Lipinski definition) is 0. The Kier molecular flexibility index (Phi) is 6.03. The molecule has 184 valence electrons. The normalized spacial score (nSPS) is 21.1. The van der Waals surface area contributed by atoms with Crippen molar-refractivity contribution >= 4 is 22.1 Å². The van der Waals surface area contributed by atoms with Crippen LogP contribution in [0.15, 0.2) is 49.2 Å². The summed E-state index contributed by atoms with van der Waals surface area (Å²) in [6.45, 7) is 3.90. The van der Waals surface area contributed by atoms with Crippen LogP contribution in [0, 0.1) is 11.3 Å². The predicted molar refractivity (Wildman–Crippen MR) is 140 cm³/mol. The molecule has 0 atom stereocenters. The second-order valence-corrected chi connectivity index (χ2v) is 11.2. The maximum Gasteiger partial charge on any atom is 0.128 e. The number of fused-ring (bicyclic) bond motifs is 1. The molecule has 6 heterocycles. The molecule has 0 N–H and O–H groups in total. The van der Waals surface area contributed by atoms with E-state index in [0.29, 0.717) is 11.6 Å². The fraction of sp³-hybridized carbons (Fsp3) is 0.385. The summed E-state index contributed by atoms with van der Waals surface area (Å²) in [6, 6.07) is 9.08. The van der Waals surface area contributed by atoms with Gasteiger partial charge >= 0.3 is 0 Å². The summed E-state index contributed by atoms with van der Waals surface area (Å²) in [7, 11) is 1.28. The zero-order valence-corrected chi connectivity index (χ0v) is 21.1. The molecule has 0 spiro atoms. The van der Waals surface area contributed by atoms with Gasteiger partial charge in [0.1, 0.15) is 11.9 Å². The van der Waals surface area contributed by atoms with E-state index in [4.69, 9.17) is 4.98 Å². The van der Waals surface area contributed by atoms with Gasteiger partial charge in [-0.3, -0.25) is 13.8 Å². The number of piperazine rings is 1. The third-order valence-corrected chi connectivity index (χ3v) is 8.72. The number of hydrogen-bond acceptors (Lipinski definition) is 7. The Bertz CT molecular complexity index is 1450. The molecule has 2 aliphatic heterocycles. The number of aryl methyl sites for hydroxylation is 1. The summed E-state index contributed by atoms with van der Waals surface area (Å²) < 4.78 is 15.2. The maximum absolute atomic E-state index is 11.7. The van der Waals surface area contributed by atoms with Crippen LogP contribution in [0.5, 0.6) is 0 Å². The van der Waals surface area contributed by atoms with Gasteiger partial charge in [-0.2, -0.15) is 15.5 Å². The first-order chi connectivity index (χ1) is 17.6. The molecule has 0 saturated carbocycles. The van der Waals surface area contributed by atoms with Gasteiger partial charge in [-0.05, 0) is 31.0 Å². The van der Waals surface area contributed by atoms with Crippen molar-refractivity contribution in [1.29, 1.82) is 5.26 Å². The molecule has 2 aliphatic rings. The van der Waals surface area contributed by atoms with E-state index in [0.717, 1.165) is 84.1 Å². The van der Waals surface area contributed by atoms with Gasteiger partial charge in [0.05, 0.1) is 23.5 Å². The van der Waals surface area contributed by atoms with Gasteiger partial charge in [-0.1, -0.05) is 0 Å². The first-order valence-electron chi connectivity index (χ1n) is 12.3. The molecule has 10 heteroatoms. The molecule has 0 bridgehead atoms. The SMILES string of the molecule is Cn1cc(-c2cc(-c3ccc(N4CCN(C5CCS(=O)CC5)CC4)nc3)c3c(C#N)cnn3c2)cn1. The van der Waals surface area contributed by atoms with Gasteiger partial charge < -0.3 is 4.90 Å². The molecule has 0 radical (unpaired) electrons. The van der Waals surface area contributed by atoms with E-state index in [1.165, 1.54) is 0 Å². The number of nitriles is 1. The van der Waals surface area contributed by atoms with Crippen molar-refractivity contribution in [1.82, 2.24) is 29.3 Å². The molecule has 0 unspecified atom stereocenters. The lowest BCUT2D eigenvalue weighted by Gasteiger charge is -2.41. The zero-order valence-electron chi connectivity index (χ0n) is 20.2. The van der Waals surface area contributed by atoms with Gasteiger partial charge in [0.25, 0.3) is 0 Å². The number of pyridine rings is 2. The number of anilines is 1. The van der Waals surface area contributed by atoms with Crippen LogP contribution in [-0.2, 0) is 17.8 Å². The Morgan fingerprint density at radius 1 is 0.972 bits per heavy atom. The van der Waals surface area contributed by atoms with Crippen LogP contribution in [0.3, 0.4) is 0 Å². The molecule has 4 aromatic rings. The highest BCUT2D eigenvalue weighted by molar-refractivity contribution is 7.85. The minimum absolute atomic E-state index is 0.537. The van der Waals surface area contributed by atoms with Crippen LogP contribution in [0.25, 0.3) is 27.8 Å². The number of nitrogens with zero attached hydrogens (tertiary/aromatic N) is 8. The fourth-order valence-electron chi connectivity index (χ4n) is 5.35. The van der Waals surface area contributed by atoms with Crippen molar-refractivity contribution in [3.63, 3.8) is 0 Å². The van der Waals surface area contributed by atoms with Gasteiger partial charge in [-0.15, -0.1) is 0 Å². The van der Waals surface area contributed by atoms with Crippen LogP contribution in [0.2, 0.25) is 0 Å². The second kappa shape index (κ2) is 9.48. The smallest absolute Gasteiger partial charge is 0.128 e. The minimum atomic E-state index is -0.615. The molecular formula is C26H28N8OS. The van der Waals surface area contributed by atoms with Crippen molar-refractivity contribution in [3.8, 4) is 28.3 Å². The third kappa shape index (κ3) is 4.29. The van der Waals surface area contributed by atoms with Crippen LogP contribution < -0.4 is 4.90 Å². The number of aromatic nitrogens is 5. The van der Waals surface area contributed by atoms with Gasteiger partial charge in [0.2, 0.25) is 0 Å². The van der Waals surface area contributed by atoms with Gasteiger partial charge in [-0.25, -0.2) is 9.50 Å². The molecule has 9 nitrogen and oxygen atoms in total. The first-order valence-corrected chi connectivity index (χ1v) is 13.8. The van der Waals surface area contributed by atoms with E-state index in [-0.39, 0.29) is 0 Å². The lowest BCUT2D eigenvalue weighted by molar-refractivity contribution is 0.174. The molecule has 6 rings (SSSR count). The van der Waals surface area contributed by atoms with Crippen LogP contribution >= 0.6 is 0 Å². The van der Waals surface area contributed by atoms with E-state index in [9.17, 15) is 9.47 Å². The average Bonchev–Trinajstić information content (AvgIpc) is 3.55. The Morgan fingerprint density at radius 3 is 2.44 bits per heavy atom. The largest absolute Gasteiger partial charge is 0.354 e. The Hall–Kier alpha value is -3.55. The average molecular weight is 501 g/mol. The quantitative estimate of drug-likeness (QED) is 0.425. The van der Waals surface area contributed by atoms with Crippen molar-refractivity contribution < 1.29 is 4.21 Å². The molecule has 0 amide bonds. The summed E-state index contributed by atoms with van der Waals surface area (Å²) in [5.41, 5.74) is 5.15. The van der Waals surface area contributed by atoms with Crippen molar-refractivity contribution in [2.75, 3.05) is 42.6 Å². The lowest BCUT2D eigenvalue weighted by Crippen LogP contribution is -2.52. The van der Waals surface area contributed by atoms with Crippen LogP contribution in [0.4, 0.5) is 5.82 Å². The highest BCUT2D eigenvalue weighted by Crippen LogP contribution is 2.32. The Morgan fingerprint density at radius 2 is 1.78 bits per heavy atom. The van der Waals surface area contributed by atoms with Gasteiger partial charge in [0.15, 0.2) is 0 Å². The first kappa shape index (κ1) is 22.9. The summed E-state index contributed by atoms with van der Waals surface area (Å²) in [5.74, 6) is 2.65. The molecule has 36 heavy (non-hydrogen) atoms. The third-order valence-electron chi connectivity index (χ3n) is 7.34. The fourth-order valence-corrected chi connectivity index (χ4v) is 6.62. The molecular weight excluding hydrogens is 472 g/mol. The van der Waals surface area contributed by atoms with E-state index in [1.54, 1.807) is 15.4 Å². The highest BCUT2D eigenvalue weighted by atomic mass is 32.2. The topological polar surface area (TPSA) is 95.3 Å². The van der Waals surface area contributed by atoms with Crippen LogP contribution in [0.1, 0.15) is 18.4 Å². The summed E-state index contributed by atoms with van der Waals surface area (Å²) in [6.07, 6.45) is 11.3. The lowest BCUT2D eigenvalue weighted by atomic mass is 10.0. The standard InChI is InChI=1S/C26H28N8OS/c1-31-17-22(16-29-31)20-12-24(26-21(13-27)15-30-34(26)18-20)19-2-3-25(28-14-19)33-8-6-32(7-9-33)23-4-10-36(35)11-5-23/h2-3,12,14-18,23H,4-11H2,1H3. The van der Waals surface area contributed by atoms with E-state index >= 15 is 0 Å². The van der Waals surface area contributed by atoms with E-state index < -0.39 is 10.8 Å². The van der Waals surface area contributed by atoms with Gasteiger partial charge in [0, 0.05) is 102 Å². The van der Waals surface area contributed by atoms with Crippen molar-refractivity contribution in [2.45, 2.75) is 18.9 Å². The second-order valence-electron chi connectivity index (χ2n) is 9.52. The zero-order chi connectivity index (χ0) is 24.6. The molecule has 0 aliphatic carbocycles. The Balaban J connectivity index is 1.25. The molecule has 0 aromatic carbocycles. The maximum atomic E-state index is 11.7. The summed E-state index contributed by atoms with van der Waals surface area (Å²) in [4.78, 5) is 9.71. The van der Waals surface area contributed by atoms with Crippen molar-refractivity contribution in [3.05, 3.63) is 54.7 Å². The monoisotopic (exact) mass is 500 g/mol. The molecule has 2 saturated heterocycles. The Labute approximate surface area is 212 Å². The predicted octanol–water partition coefficient (Wildman–Crippen LogP) is 2.70. The summed E-state index contributed by atoms with van der Waals surface area (Å²) >= 11 is 0. The van der Waals surface area contributed by atoms with E-state index in [2.05, 4.69) is 44.3 Å². The molecule has 4 aromatic heterocycles. The van der Waals surface area contributed by atoms with Crippen molar-refractivity contribution in [2.24, 2.45) is 7.05 Å². The number of rotatable bonds is 4. The summed E-state index contributed by atoms with van der Waals surface area (Å²) in [5, 5.41) is 18.4.